The van der Waals surface area contributed by atoms with Gasteiger partial charge in [-0.15, -0.1) is 0 Å². The Hall–Kier alpha value is -0.0900. The minimum Gasteiger partial charge on any atom is -0.240 e. The van der Waals surface area contributed by atoms with Gasteiger partial charge in [0, 0.05) is 19.3 Å². The van der Waals surface area contributed by atoms with E-state index in [2.05, 4.69) is 13.8 Å². The van der Waals surface area contributed by atoms with Crippen LogP contribution in [-0.2, 0) is 9.92 Å². The first kappa shape index (κ1) is 11.0. The molecule has 0 spiro atoms. The van der Waals surface area contributed by atoms with Gasteiger partial charge >= 0.3 is 0 Å². The van der Waals surface area contributed by atoms with Crippen LogP contribution in [0.5, 0.6) is 0 Å². The molecule has 1 aliphatic rings. The van der Waals surface area contributed by atoms with Crippen molar-refractivity contribution in [1.82, 2.24) is 4.31 Å². The van der Waals surface area contributed by atoms with E-state index in [1.165, 1.54) is 12.7 Å². The zero-order valence-electron chi connectivity index (χ0n) is 8.80. The maximum Gasteiger partial charge on any atom is 0.104 e. The van der Waals surface area contributed by atoms with Crippen LogP contribution in [0.2, 0.25) is 0 Å². The number of rotatable bonds is 1. The second-order valence-electron chi connectivity index (χ2n) is 4.75. The van der Waals surface area contributed by atoms with Gasteiger partial charge in [-0.25, -0.2) is 13.3 Å². The lowest BCUT2D eigenvalue weighted by Crippen LogP contribution is -2.30. The minimum absolute atomic E-state index is 0.361. The molecule has 78 valence electrons. The molecule has 4 heteroatoms. The summed E-state index contributed by atoms with van der Waals surface area (Å²) < 4.78 is 20.8. The highest BCUT2D eigenvalue weighted by atomic mass is 32.2. The second kappa shape index (κ2) is 3.58. The Labute approximate surface area is 81.6 Å². The Morgan fingerprint density at radius 1 is 1.31 bits per heavy atom. The van der Waals surface area contributed by atoms with E-state index in [1.807, 2.05) is 4.31 Å². The summed E-state index contributed by atoms with van der Waals surface area (Å²) in [4.78, 5) is 0. The molecule has 0 aromatic heterocycles. The highest BCUT2D eigenvalue weighted by Crippen LogP contribution is 2.30. The molecule has 13 heavy (non-hydrogen) atoms. The fourth-order valence-corrected chi connectivity index (χ4v) is 2.66. The van der Waals surface area contributed by atoms with Crippen molar-refractivity contribution in [2.24, 2.45) is 5.41 Å². The maximum absolute atomic E-state index is 11.5. The zero-order chi connectivity index (χ0) is 10.1. The molecule has 1 N–H and O–H groups in total. The summed E-state index contributed by atoms with van der Waals surface area (Å²) in [5.41, 5.74) is 0.361. The molecule has 0 aromatic rings. The number of hydrogen-bond acceptors (Lipinski definition) is 2. The first-order valence-electron chi connectivity index (χ1n) is 4.80. The molecular weight excluding hydrogens is 184 g/mol. The van der Waals surface area contributed by atoms with E-state index in [-0.39, 0.29) is 0 Å². The van der Waals surface area contributed by atoms with Crippen LogP contribution in [-0.4, -0.2) is 27.9 Å². The molecular formula is C9H20N2OS. The Morgan fingerprint density at radius 2 is 1.92 bits per heavy atom. The molecule has 1 unspecified atom stereocenters. The van der Waals surface area contributed by atoms with Gasteiger partial charge in [0.25, 0.3) is 0 Å². The molecule has 1 atom stereocenters. The summed E-state index contributed by atoms with van der Waals surface area (Å²) in [6.45, 7) is 6.13. The number of nitrogens with zero attached hydrogens (tertiary/aromatic N) is 1. The number of hydrogen-bond donors (Lipinski definition) is 1. The van der Waals surface area contributed by atoms with E-state index in [9.17, 15) is 4.21 Å². The molecule has 1 heterocycles. The summed E-state index contributed by atoms with van der Waals surface area (Å²) in [6, 6.07) is 0. The van der Waals surface area contributed by atoms with Gasteiger partial charge in [0.05, 0.1) is 0 Å². The van der Waals surface area contributed by atoms with E-state index in [4.69, 9.17) is 4.78 Å². The summed E-state index contributed by atoms with van der Waals surface area (Å²) in [5, 5.41) is 0. The van der Waals surface area contributed by atoms with Gasteiger partial charge in [0.15, 0.2) is 0 Å². The molecule has 0 amide bonds. The van der Waals surface area contributed by atoms with Crippen LogP contribution in [0.15, 0.2) is 0 Å². The second-order valence-corrected chi connectivity index (χ2v) is 6.87. The van der Waals surface area contributed by atoms with Crippen LogP contribution in [0.3, 0.4) is 0 Å². The van der Waals surface area contributed by atoms with Crippen LogP contribution in [0.25, 0.3) is 0 Å². The van der Waals surface area contributed by atoms with E-state index in [0.29, 0.717) is 5.41 Å². The predicted octanol–water partition coefficient (Wildman–Crippen LogP) is 2.09. The van der Waals surface area contributed by atoms with Gasteiger partial charge in [0.2, 0.25) is 0 Å². The zero-order valence-corrected chi connectivity index (χ0v) is 9.62. The molecule has 0 aromatic carbocycles. The molecule has 1 saturated heterocycles. The van der Waals surface area contributed by atoms with Crippen LogP contribution >= 0.6 is 0 Å². The van der Waals surface area contributed by atoms with Gasteiger partial charge in [-0.2, -0.15) is 0 Å². The van der Waals surface area contributed by atoms with Crippen LogP contribution < -0.4 is 0 Å². The van der Waals surface area contributed by atoms with Gasteiger partial charge in [-0.3, -0.25) is 0 Å². The average Bonchev–Trinajstić information content (AvgIpc) is 2.08. The van der Waals surface area contributed by atoms with Crippen LogP contribution in [0.1, 0.15) is 33.1 Å². The van der Waals surface area contributed by atoms with Crippen molar-refractivity contribution in [3.63, 3.8) is 0 Å². The van der Waals surface area contributed by atoms with Crippen molar-refractivity contribution in [3.8, 4) is 0 Å². The number of nitrogens with one attached hydrogen (secondary N) is 1. The van der Waals surface area contributed by atoms with Gasteiger partial charge < -0.3 is 0 Å². The van der Waals surface area contributed by atoms with E-state index >= 15 is 0 Å². The minimum atomic E-state index is -2.47. The largest absolute Gasteiger partial charge is 0.240 e. The summed E-state index contributed by atoms with van der Waals surface area (Å²) >= 11 is 0. The topological polar surface area (TPSA) is 44.2 Å². The van der Waals surface area contributed by atoms with Crippen molar-refractivity contribution < 1.29 is 4.21 Å². The third kappa shape index (κ3) is 3.27. The lowest BCUT2D eigenvalue weighted by Gasteiger charge is -2.23. The highest BCUT2D eigenvalue weighted by Gasteiger charge is 2.25. The third-order valence-corrected chi connectivity index (χ3v) is 4.14. The van der Waals surface area contributed by atoms with Crippen molar-refractivity contribution in [2.75, 3.05) is 19.3 Å². The molecule has 1 fully saturated rings. The quantitative estimate of drug-likeness (QED) is 0.698. The predicted molar refractivity (Wildman–Crippen MR) is 56.0 cm³/mol. The van der Waals surface area contributed by atoms with Gasteiger partial charge in [-0.1, -0.05) is 13.8 Å². The van der Waals surface area contributed by atoms with Crippen molar-refractivity contribution in [2.45, 2.75) is 33.1 Å². The standard InChI is InChI=1S/C9H20N2OS/c1-9(2)5-4-7-11(8-6-9)13(3,10)12/h10H,4-8H2,1-3H3. The van der Waals surface area contributed by atoms with Crippen molar-refractivity contribution in [1.29, 1.82) is 4.78 Å². The fraction of sp³-hybridized carbons (Fsp3) is 1.00. The van der Waals surface area contributed by atoms with E-state index < -0.39 is 9.92 Å². The maximum atomic E-state index is 11.5. The molecule has 1 aliphatic heterocycles. The Morgan fingerprint density at radius 3 is 2.46 bits per heavy atom. The Balaban J connectivity index is 2.66. The summed E-state index contributed by atoms with van der Waals surface area (Å²) in [6.07, 6.45) is 4.82. The lowest BCUT2D eigenvalue weighted by atomic mass is 9.85. The normalized spacial score (nSPS) is 29.2. The fourth-order valence-electron chi connectivity index (χ4n) is 1.75. The first-order valence-corrected chi connectivity index (χ1v) is 6.72. The van der Waals surface area contributed by atoms with Gasteiger partial charge in [0.1, 0.15) is 9.92 Å². The third-order valence-electron chi connectivity index (χ3n) is 2.79. The lowest BCUT2D eigenvalue weighted by molar-refractivity contribution is 0.316. The monoisotopic (exact) mass is 204 g/mol. The Kier molecular flexibility index (Phi) is 3.02. The van der Waals surface area contributed by atoms with Gasteiger partial charge in [-0.05, 0) is 24.7 Å². The molecule has 0 aliphatic carbocycles. The van der Waals surface area contributed by atoms with E-state index in [1.54, 1.807) is 0 Å². The summed E-state index contributed by atoms with van der Waals surface area (Å²) in [7, 11) is -2.47. The smallest absolute Gasteiger partial charge is 0.104 e. The molecule has 3 nitrogen and oxygen atoms in total. The first-order chi connectivity index (χ1) is 5.81. The van der Waals surface area contributed by atoms with Crippen molar-refractivity contribution in [3.05, 3.63) is 0 Å². The van der Waals surface area contributed by atoms with Crippen LogP contribution in [0.4, 0.5) is 0 Å². The molecule has 0 radical (unpaired) electrons. The SMILES string of the molecule is CC1(C)CCCN(S(C)(=N)=O)CC1. The summed E-state index contributed by atoms with van der Waals surface area (Å²) in [5.74, 6) is 0. The van der Waals surface area contributed by atoms with Crippen LogP contribution in [0, 0.1) is 10.2 Å². The molecule has 0 saturated carbocycles. The molecule has 0 bridgehead atoms. The van der Waals surface area contributed by atoms with Crippen molar-refractivity contribution >= 4 is 9.92 Å². The average molecular weight is 204 g/mol. The molecule has 1 rings (SSSR count). The highest BCUT2D eigenvalue weighted by molar-refractivity contribution is 7.89. The van der Waals surface area contributed by atoms with E-state index in [0.717, 1.165) is 25.9 Å². The Bertz CT molecular complexity index is 269.